The second-order valence-electron chi connectivity index (χ2n) is 7.78. The van der Waals surface area contributed by atoms with Crippen molar-refractivity contribution in [2.24, 2.45) is 0 Å². The summed E-state index contributed by atoms with van der Waals surface area (Å²) in [6, 6.07) is 5.08. The van der Waals surface area contributed by atoms with Gasteiger partial charge in [-0.1, -0.05) is 19.0 Å². The van der Waals surface area contributed by atoms with Crippen LogP contribution in [0, 0.1) is 0 Å². The van der Waals surface area contributed by atoms with Crippen LogP contribution in [0.5, 0.6) is 11.5 Å². The van der Waals surface area contributed by atoms with E-state index in [4.69, 9.17) is 14.0 Å². The number of benzene rings is 1. The quantitative estimate of drug-likeness (QED) is 0.700. The van der Waals surface area contributed by atoms with Gasteiger partial charge in [0, 0.05) is 56.0 Å². The smallest absolute Gasteiger partial charge is 0.241 e. The summed E-state index contributed by atoms with van der Waals surface area (Å²) >= 11 is 0. The van der Waals surface area contributed by atoms with E-state index in [-0.39, 0.29) is 17.9 Å². The van der Waals surface area contributed by atoms with Gasteiger partial charge in [0.25, 0.3) is 0 Å². The van der Waals surface area contributed by atoms with Gasteiger partial charge >= 0.3 is 0 Å². The average Bonchev–Trinajstić information content (AvgIpc) is 3.22. The molecule has 1 aromatic heterocycles. The molecule has 1 aromatic carbocycles. The molecule has 0 bridgehead atoms. The normalized spacial score (nSPS) is 16.5. The van der Waals surface area contributed by atoms with Gasteiger partial charge in [-0.25, -0.2) is 0 Å². The molecule has 3 rings (SSSR count). The summed E-state index contributed by atoms with van der Waals surface area (Å²) in [5.41, 5.74) is 0.652. The zero-order chi connectivity index (χ0) is 21.7. The van der Waals surface area contributed by atoms with Gasteiger partial charge in [0.2, 0.25) is 11.8 Å². The Labute approximate surface area is 177 Å². The third-order valence-corrected chi connectivity index (χ3v) is 5.31. The molecule has 1 aliphatic rings. The summed E-state index contributed by atoms with van der Waals surface area (Å²) in [6.07, 6.45) is 0. The average molecular weight is 418 g/mol. The van der Waals surface area contributed by atoms with E-state index in [2.05, 4.69) is 25.3 Å². The molecule has 0 spiro atoms. The minimum Gasteiger partial charge on any atom is -0.497 e. The summed E-state index contributed by atoms with van der Waals surface area (Å²) in [6.45, 7) is 9.91. The lowest BCUT2D eigenvalue weighted by Gasteiger charge is -2.36. The Balaban J connectivity index is 1.51. The zero-order valence-corrected chi connectivity index (χ0v) is 18.3. The minimum atomic E-state index is -0.250. The van der Waals surface area contributed by atoms with Gasteiger partial charge in [0.15, 0.2) is 5.82 Å². The lowest BCUT2D eigenvalue weighted by Crippen LogP contribution is -2.52. The molecule has 1 atom stereocenters. The van der Waals surface area contributed by atoms with E-state index in [0.717, 1.165) is 32.0 Å². The number of amides is 1. The zero-order valence-electron chi connectivity index (χ0n) is 18.3. The highest BCUT2D eigenvalue weighted by Crippen LogP contribution is 2.26. The SMILES string of the molecule is COc1cc(NC(=O)C(C)N2CCN(Cc3nc(C(C)C)no3)CC2)cc(OC)c1. The van der Waals surface area contributed by atoms with E-state index in [9.17, 15) is 4.79 Å². The molecule has 1 amide bonds. The molecule has 0 saturated carbocycles. The largest absolute Gasteiger partial charge is 0.497 e. The van der Waals surface area contributed by atoms with Gasteiger partial charge in [0.1, 0.15) is 11.5 Å². The summed E-state index contributed by atoms with van der Waals surface area (Å²) in [4.78, 5) is 21.7. The van der Waals surface area contributed by atoms with Crippen LogP contribution in [0.15, 0.2) is 22.7 Å². The van der Waals surface area contributed by atoms with Crippen molar-refractivity contribution in [2.45, 2.75) is 39.3 Å². The Bertz CT molecular complexity index is 823. The molecular weight excluding hydrogens is 386 g/mol. The van der Waals surface area contributed by atoms with Gasteiger partial charge in [-0.2, -0.15) is 4.98 Å². The number of hydrogen-bond donors (Lipinski definition) is 1. The van der Waals surface area contributed by atoms with Gasteiger partial charge in [-0.15, -0.1) is 0 Å². The van der Waals surface area contributed by atoms with Crippen molar-refractivity contribution >= 4 is 11.6 Å². The summed E-state index contributed by atoms with van der Waals surface area (Å²) in [5, 5.41) is 6.98. The van der Waals surface area contributed by atoms with Gasteiger partial charge < -0.3 is 19.3 Å². The molecule has 1 N–H and O–H groups in total. The standard InChI is InChI=1S/C21H31N5O4/c1-14(2)20-23-19(30-24-20)13-25-6-8-26(9-7-25)15(3)21(27)22-16-10-17(28-4)12-18(11-16)29-5/h10-12,14-15H,6-9,13H2,1-5H3,(H,22,27). The van der Waals surface area contributed by atoms with Gasteiger partial charge in [-0.3, -0.25) is 14.6 Å². The van der Waals surface area contributed by atoms with Crippen molar-refractivity contribution in [3.63, 3.8) is 0 Å². The fourth-order valence-corrected chi connectivity index (χ4v) is 3.36. The first-order valence-electron chi connectivity index (χ1n) is 10.2. The van der Waals surface area contributed by atoms with Gasteiger partial charge in [-0.05, 0) is 6.92 Å². The number of carbonyl (C=O) groups excluding carboxylic acids is 1. The first-order valence-corrected chi connectivity index (χ1v) is 10.2. The fraction of sp³-hybridized carbons (Fsp3) is 0.571. The number of aromatic nitrogens is 2. The molecule has 0 aliphatic carbocycles. The number of hydrogen-bond acceptors (Lipinski definition) is 8. The Kier molecular flexibility index (Phi) is 7.28. The highest BCUT2D eigenvalue weighted by molar-refractivity contribution is 5.95. The summed E-state index contributed by atoms with van der Waals surface area (Å²) < 4.78 is 15.9. The van der Waals surface area contributed by atoms with Crippen LogP contribution in [0.25, 0.3) is 0 Å². The van der Waals surface area contributed by atoms with E-state index in [1.807, 2.05) is 20.8 Å². The van der Waals surface area contributed by atoms with Crippen molar-refractivity contribution in [3.05, 3.63) is 29.9 Å². The Morgan fingerprint density at radius 2 is 1.73 bits per heavy atom. The predicted molar refractivity (Wildman–Crippen MR) is 113 cm³/mol. The van der Waals surface area contributed by atoms with Crippen molar-refractivity contribution in [1.82, 2.24) is 19.9 Å². The number of nitrogens with one attached hydrogen (secondary N) is 1. The number of piperazine rings is 1. The molecule has 1 fully saturated rings. The molecule has 1 saturated heterocycles. The topological polar surface area (TPSA) is 93.0 Å². The number of rotatable bonds is 8. The van der Waals surface area contributed by atoms with E-state index in [0.29, 0.717) is 29.6 Å². The number of nitrogens with zero attached hydrogens (tertiary/aromatic N) is 4. The number of ether oxygens (including phenoxy) is 2. The maximum Gasteiger partial charge on any atom is 0.241 e. The van der Waals surface area contributed by atoms with Crippen LogP contribution >= 0.6 is 0 Å². The fourth-order valence-electron chi connectivity index (χ4n) is 3.36. The second-order valence-corrected chi connectivity index (χ2v) is 7.78. The molecular formula is C21H31N5O4. The van der Waals surface area contributed by atoms with Crippen LogP contribution in [0.4, 0.5) is 5.69 Å². The maximum absolute atomic E-state index is 12.8. The molecule has 2 aromatic rings. The van der Waals surface area contributed by atoms with E-state index < -0.39 is 0 Å². The third kappa shape index (κ3) is 5.48. The van der Waals surface area contributed by atoms with Crippen molar-refractivity contribution in [2.75, 3.05) is 45.7 Å². The minimum absolute atomic E-state index is 0.0581. The van der Waals surface area contributed by atoms with Crippen molar-refractivity contribution in [1.29, 1.82) is 0 Å². The van der Waals surface area contributed by atoms with Crippen molar-refractivity contribution < 1.29 is 18.8 Å². The highest BCUT2D eigenvalue weighted by atomic mass is 16.5. The molecule has 2 heterocycles. The lowest BCUT2D eigenvalue weighted by molar-refractivity contribution is -0.121. The third-order valence-electron chi connectivity index (χ3n) is 5.31. The summed E-state index contributed by atoms with van der Waals surface area (Å²) in [7, 11) is 3.17. The van der Waals surface area contributed by atoms with E-state index in [1.54, 1.807) is 32.4 Å². The predicted octanol–water partition coefficient (Wildman–Crippen LogP) is 2.35. The Morgan fingerprint density at radius 1 is 1.10 bits per heavy atom. The second kappa shape index (κ2) is 9.90. The molecule has 1 unspecified atom stereocenters. The van der Waals surface area contributed by atoms with E-state index >= 15 is 0 Å². The van der Waals surface area contributed by atoms with Crippen LogP contribution in [0.3, 0.4) is 0 Å². The van der Waals surface area contributed by atoms with Crippen molar-refractivity contribution in [3.8, 4) is 11.5 Å². The van der Waals surface area contributed by atoms with Crippen LogP contribution < -0.4 is 14.8 Å². The Morgan fingerprint density at radius 3 is 2.27 bits per heavy atom. The number of carbonyl (C=O) groups is 1. The number of anilines is 1. The van der Waals surface area contributed by atoms with E-state index in [1.165, 1.54) is 0 Å². The molecule has 30 heavy (non-hydrogen) atoms. The van der Waals surface area contributed by atoms with Crippen LogP contribution in [0.1, 0.15) is 38.4 Å². The van der Waals surface area contributed by atoms with Crippen LogP contribution in [-0.4, -0.2) is 72.3 Å². The van der Waals surface area contributed by atoms with Crippen LogP contribution in [0.2, 0.25) is 0 Å². The molecule has 9 nitrogen and oxygen atoms in total. The van der Waals surface area contributed by atoms with Crippen LogP contribution in [-0.2, 0) is 11.3 Å². The highest BCUT2D eigenvalue weighted by Gasteiger charge is 2.26. The van der Waals surface area contributed by atoms with Gasteiger partial charge in [0.05, 0.1) is 26.8 Å². The molecule has 9 heteroatoms. The molecule has 0 radical (unpaired) electrons. The number of methoxy groups -OCH3 is 2. The lowest BCUT2D eigenvalue weighted by atomic mass is 10.2. The Hall–Kier alpha value is -2.65. The first kappa shape index (κ1) is 22.0. The molecule has 1 aliphatic heterocycles. The first-order chi connectivity index (χ1) is 14.4. The molecule has 164 valence electrons. The monoisotopic (exact) mass is 417 g/mol. The maximum atomic E-state index is 12.8. The summed E-state index contributed by atoms with van der Waals surface area (Å²) in [5.74, 6) is 2.84.